The molecule has 2 amide bonds. The number of aromatic nitrogens is 2. The van der Waals surface area contributed by atoms with Gasteiger partial charge in [0, 0.05) is 38.6 Å². The Labute approximate surface area is 137 Å². The summed E-state index contributed by atoms with van der Waals surface area (Å²) in [5.74, 6) is 0. The van der Waals surface area contributed by atoms with E-state index in [0.29, 0.717) is 13.1 Å². The zero-order valence-corrected chi connectivity index (χ0v) is 14.0. The standard InChI is InChI=1S/C17H25N5O/c1-4-22(16-8-6-5-7-14(16)2)12-11-18-17(23)19-13-15-9-10-20-21(15)3/h5-10H,4,11-13H2,1-3H3,(H2,18,19,23). The molecule has 0 fully saturated rings. The van der Waals surface area contributed by atoms with Crippen molar-refractivity contribution in [3.05, 3.63) is 47.8 Å². The molecule has 0 atom stereocenters. The maximum Gasteiger partial charge on any atom is 0.315 e. The highest BCUT2D eigenvalue weighted by Gasteiger charge is 2.08. The zero-order chi connectivity index (χ0) is 16.7. The fourth-order valence-corrected chi connectivity index (χ4v) is 2.48. The van der Waals surface area contributed by atoms with Crippen molar-refractivity contribution in [2.75, 3.05) is 24.5 Å². The predicted molar refractivity (Wildman–Crippen MR) is 92.5 cm³/mol. The molecule has 23 heavy (non-hydrogen) atoms. The molecule has 6 nitrogen and oxygen atoms in total. The highest BCUT2D eigenvalue weighted by atomic mass is 16.2. The smallest absolute Gasteiger partial charge is 0.315 e. The van der Waals surface area contributed by atoms with Crippen molar-refractivity contribution in [2.45, 2.75) is 20.4 Å². The van der Waals surface area contributed by atoms with Crippen LogP contribution < -0.4 is 15.5 Å². The van der Waals surface area contributed by atoms with Gasteiger partial charge in [-0.2, -0.15) is 5.10 Å². The second-order valence-corrected chi connectivity index (χ2v) is 5.42. The second kappa shape index (κ2) is 8.22. The molecule has 2 rings (SSSR count). The number of amides is 2. The van der Waals surface area contributed by atoms with Gasteiger partial charge in [0.1, 0.15) is 0 Å². The molecule has 0 saturated carbocycles. The van der Waals surface area contributed by atoms with Crippen LogP contribution in [-0.4, -0.2) is 35.4 Å². The number of nitrogens with one attached hydrogen (secondary N) is 2. The van der Waals surface area contributed by atoms with E-state index in [2.05, 4.69) is 46.6 Å². The number of likely N-dealkylation sites (N-methyl/N-ethyl adjacent to an activating group) is 1. The molecule has 0 unspecified atom stereocenters. The highest BCUT2D eigenvalue weighted by Crippen LogP contribution is 2.18. The minimum absolute atomic E-state index is 0.160. The zero-order valence-electron chi connectivity index (χ0n) is 14.0. The number of carbonyl (C=O) groups is 1. The Balaban J connectivity index is 1.76. The number of carbonyl (C=O) groups excluding carboxylic acids is 1. The largest absolute Gasteiger partial charge is 0.370 e. The topological polar surface area (TPSA) is 62.2 Å². The first-order chi connectivity index (χ1) is 11.1. The van der Waals surface area contributed by atoms with E-state index in [9.17, 15) is 4.79 Å². The summed E-state index contributed by atoms with van der Waals surface area (Å²) in [6.07, 6.45) is 1.72. The van der Waals surface area contributed by atoms with Gasteiger partial charge in [0.15, 0.2) is 0 Å². The van der Waals surface area contributed by atoms with Gasteiger partial charge in [-0.05, 0) is 31.5 Å². The van der Waals surface area contributed by atoms with Gasteiger partial charge in [-0.3, -0.25) is 4.68 Å². The Morgan fingerprint density at radius 1 is 1.26 bits per heavy atom. The summed E-state index contributed by atoms with van der Waals surface area (Å²) < 4.78 is 1.75. The van der Waals surface area contributed by atoms with Crippen molar-refractivity contribution in [3.8, 4) is 0 Å². The maximum absolute atomic E-state index is 11.9. The molecule has 0 aliphatic rings. The monoisotopic (exact) mass is 315 g/mol. The number of hydrogen-bond acceptors (Lipinski definition) is 3. The highest BCUT2D eigenvalue weighted by molar-refractivity contribution is 5.73. The van der Waals surface area contributed by atoms with Gasteiger partial charge in [0.25, 0.3) is 0 Å². The fraction of sp³-hybridized carbons (Fsp3) is 0.412. The van der Waals surface area contributed by atoms with E-state index >= 15 is 0 Å². The minimum Gasteiger partial charge on any atom is -0.370 e. The summed E-state index contributed by atoms with van der Waals surface area (Å²) in [7, 11) is 1.86. The second-order valence-electron chi connectivity index (χ2n) is 5.42. The van der Waals surface area contributed by atoms with Crippen LogP contribution in [0.3, 0.4) is 0 Å². The van der Waals surface area contributed by atoms with Crippen LogP contribution in [0.15, 0.2) is 36.5 Å². The van der Waals surface area contributed by atoms with E-state index in [-0.39, 0.29) is 6.03 Å². The van der Waals surface area contributed by atoms with Gasteiger partial charge < -0.3 is 15.5 Å². The SMILES string of the molecule is CCN(CCNC(=O)NCc1ccnn1C)c1ccccc1C. The third-order valence-electron chi connectivity index (χ3n) is 3.86. The summed E-state index contributed by atoms with van der Waals surface area (Å²) in [4.78, 5) is 14.1. The van der Waals surface area contributed by atoms with Gasteiger partial charge in [0.2, 0.25) is 0 Å². The fourth-order valence-electron chi connectivity index (χ4n) is 2.48. The average molecular weight is 315 g/mol. The Bertz CT molecular complexity index is 637. The molecule has 124 valence electrons. The lowest BCUT2D eigenvalue weighted by Crippen LogP contribution is -2.40. The molecule has 1 aromatic carbocycles. The quantitative estimate of drug-likeness (QED) is 0.822. The first kappa shape index (κ1) is 16.9. The molecule has 1 heterocycles. The van der Waals surface area contributed by atoms with Gasteiger partial charge >= 0.3 is 6.03 Å². The van der Waals surface area contributed by atoms with Crippen LogP contribution in [0, 0.1) is 6.92 Å². The Kier molecular flexibility index (Phi) is 6.02. The van der Waals surface area contributed by atoms with Gasteiger partial charge in [-0.1, -0.05) is 18.2 Å². The summed E-state index contributed by atoms with van der Waals surface area (Å²) in [6.45, 7) is 6.97. The molecular formula is C17H25N5O. The molecule has 0 aliphatic carbocycles. The van der Waals surface area contributed by atoms with Crippen molar-refractivity contribution < 1.29 is 4.79 Å². The summed E-state index contributed by atoms with van der Waals surface area (Å²) in [5, 5.41) is 9.81. The maximum atomic E-state index is 11.9. The van der Waals surface area contributed by atoms with Gasteiger partial charge in [-0.25, -0.2) is 4.79 Å². The van der Waals surface area contributed by atoms with E-state index in [0.717, 1.165) is 18.8 Å². The average Bonchev–Trinajstić information content (AvgIpc) is 2.96. The number of aryl methyl sites for hydroxylation is 2. The summed E-state index contributed by atoms with van der Waals surface area (Å²) in [5.41, 5.74) is 3.43. The molecule has 0 saturated heterocycles. The van der Waals surface area contributed by atoms with Crippen LogP contribution in [-0.2, 0) is 13.6 Å². The number of nitrogens with zero attached hydrogens (tertiary/aromatic N) is 3. The number of hydrogen-bond donors (Lipinski definition) is 2. The Morgan fingerprint density at radius 3 is 2.70 bits per heavy atom. The van der Waals surface area contributed by atoms with E-state index in [1.165, 1.54) is 11.3 Å². The first-order valence-corrected chi connectivity index (χ1v) is 7.91. The minimum atomic E-state index is -0.160. The lowest BCUT2D eigenvalue weighted by atomic mass is 10.2. The van der Waals surface area contributed by atoms with Crippen molar-refractivity contribution >= 4 is 11.7 Å². The van der Waals surface area contributed by atoms with Crippen LogP contribution in [0.5, 0.6) is 0 Å². The van der Waals surface area contributed by atoms with Crippen molar-refractivity contribution in [1.29, 1.82) is 0 Å². The van der Waals surface area contributed by atoms with Gasteiger partial charge in [0.05, 0.1) is 12.2 Å². The molecule has 0 spiro atoms. The van der Waals surface area contributed by atoms with Crippen molar-refractivity contribution in [3.63, 3.8) is 0 Å². The summed E-state index contributed by atoms with van der Waals surface area (Å²) >= 11 is 0. The number of anilines is 1. The third kappa shape index (κ3) is 4.74. The number of urea groups is 1. The van der Waals surface area contributed by atoms with E-state index in [4.69, 9.17) is 0 Å². The Morgan fingerprint density at radius 2 is 2.04 bits per heavy atom. The predicted octanol–water partition coefficient (Wildman–Crippen LogP) is 2.05. The van der Waals surface area contributed by atoms with Crippen LogP contribution in [0.2, 0.25) is 0 Å². The van der Waals surface area contributed by atoms with Crippen LogP contribution >= 0.6 is 0 Å². The van der Waals surface area contributed by atoms with E-state index < -0.39 is 0 Å². The summed E-state index contributed by atoms with van der Waals surface area (Å²) in [6, 6.07) is 10.0. The molecule has 0 radical (unpaired) electrons. The lowest BCUT2D eigenvalue weighted by molar-refractivity contribution is 0.240. The van der Waals surface area contributed by atoms with Crippen LogP contribution in [0.4, 0.5) is 10.5 Å². The molecule has 6 heteroatoms. The third-order valence-corrected chi connectivity index (χ3v) is 3.86. The van der Waals surface area contributed by atoms with E-state index in [1.54, 1.807) is 10.9 Å². The normalized spacial score (nSPS) is 10.4. The lowest BCUT2D eigenvalue weighted by Gasteiger charge is -2.25. The van der Waals surface area contributed by atoms with Crippen molar-refractivity contribution in [2.24, 2.45) is 7.05 Å². The first-order valence-electron chi connectivity index (χ1n) is 7.91. The van der Waals surface area contributed by atoms with Crippen LogP contribution in [0.1, 0.15) is 18.2 Å². The van der Waals surface area contributed by atoms with Crippen molar-refractivity contribution in [1.82, 2.24) is 20.4 Å². The van der Waals surface area contributed by atoms with Crippen LogP contribution in [0.25, 0.3) is 0 Å². The Hall–Kier alpha value is -2.50. The molecule has 2 N–H and O–H groups in total. The number of para-hydroxylation sites is 1. The molecule has 0 aliphatic heterocycles. The number of benzene rings is 1. The number of rotatable bonds is 7. The molecule has 1 aromatic heterocycles. The molecule has 0 bridgehead atoms. The molecular weight excluding hydrogens is 290 g/mol. The van der Waals surface area contributed by atoms with E-state index in [1.807, 2.05) is 25.2 Å². The molecule has 2 aromatic rings. The van der Waals surface area contributed by atoms with Gasteiger partial charge in [-0.15, -0.1) is 0 Å².